The molecule has 1 amide bonds. The van der Waals surface area contributed by atoms with E-state index in [1.807, 2.05) is 65.6 Å². The number of aromatic nitrogens is 1. The average Bonchev–Trinajstić information content (AvgIpc) is 3.57. The number of carbonyl (C=O) groups is 1. The van der Waals surface area contributed by atoms with Crippen molar-refractivity contribution in [2.75, 3.05) is 25.6 Å². The number of carbonyl (C=O) groups excluding carboxylic acids is 1. The van der Waals surface area contributed by atoms with Crippen molar-refractivity contribution in [3.63, 3.8) is 0 Å². The minimum atomic E-state index is 0.0102. The van der Waals surface area contributed by atoms with Crippen molar-refractivity contribution in [3.05, 3.63) is 95.9 Å². The highest BCUT2D eigenvalue weighted by Crippen LogP contribution is 2.37. The van der Waals surface area contributed by atoms with E-state index in [1.54, 1.807) is 19.6 Å². The summed E-state index contributed by atoms with van der Waals surface area (Å²) in [5.74, 6) is 1.39. The van der Waals surface area contributed by atoms with Crippen LogP contribution in [0.25, 0.3) is 11.5 Å². The second-order valence-corrected chi connectivity index (χ2v) is 9.03. The number of rotatable bonds is 6. The van der Waals surface area contributed by atoms with Gasteiger partial charge in [0.1, 0.15) is 12.0 Å². The van der Waals surface area contributed by atoms with E-state index in [1.165, 1.54) is 0 Å². The molecule has 0 radical (unpaired) electrons. The summed E-state index contributed by atoms with van der Waals surface area (Å²) in [5, 5.41) is 0. The molecule has 36 heavy (non-hydrogen) atoms. The molecule has 4 aromatic rings. The topological polar surface area (TPSA) is 71.2 Å². The van der Waals surface area contributed by atoms with E-state index in [0.29, 0.717) is 19.0 Å². The third-order valence-corrected chi connectivity index (χ3v) is 7.05. The zero-order chi connectivity index (χ0) is 24.6. The maximum Gasteiger partial charge on any atom is 0.254 e. The van der Waals surface area contributed by atoms with E-state index >= 15 is 0 Å². The molecule has 0 bridgehead atoms. The molecule has 0 aliphatic carbocycles. The van der Waals surface area contributed by atoms with Crippen LogP contribution < -0.4 is 9.64 Å². The van der Waals surface area contributed by atoms with Crippen molar-refractivity contribution in [3.8, 4) is 17.2 Å². The van der Waals surface area contributed by atoms with E-state index in [0.717, 1.165) is 51.5 Å². The first-order chi connectivity index (χ1) is 17.6. The Morgan fingerprint density at radius 2 is 1.83 bits per heavy atom. The van der Waals surface area contributed by atoms with Crippen LogP contribution in [0.1, 0.15) is 27.9 Å². The number of hydrogen-bond acceptors (Lipinski definition) is 6. The SMILES string of the molecule is COc1ccc(C2=Nc3ccccc3N(C)C2CCN2Cc3c(cccc3-c3ncco3)C2=O)cc1. The van der Waals surface area contributed by atoms with Crippen LogP contribution >= 0.6 is 0 Å². The van der Waals surface area contributed by atoms with Gasteiger partial charge < -0.3 is 19.0 Å². The zero-order valence-electron chi connectivity index (χ0n) is 20.2. The standard InChI is InChI=1S/C29H26N4O3/c1-32-25-9-4-3-8-24(25)31-27(19-10-12-20(35-2)13-11-19)26(32)14-16-33-18-23-21(28-30-15-17-36-28)6-5-7-22(23)29(33)34/h3-13,15,17,26H,14,16,18H2,1-2H3. The van der Waals surface area contributed by atoms with Gasteiger partial charge in [-0.3, -0.25) is 4.79 Å². The number of amides is 1. The van der Waals surface area contributed by atoms with Crippen molar-refractivity contribution in [2.24, 2.45) is 4.99 Å². The van der Waals surface area contributed by atoms with Gasteiger partial charge in [0.05, 0.1) is 36.4 Å². The van der Waals surface area contributed by atoms with Crippen molar-refractivity contribution < 1.29 is 13.9 Å². The number of aliphatic imine (C=N–C) groups is 1. The molecule has 180 valence electrons. The number of ether oxygens (including phenoxy) is 1. The molecule has 1 atom stereocenters. The monoisotopic (exact) mass is 478 g/mol. The molecule has 3 heterocycles. The van der Waals surface area contributed by atoms with Crippen LogP contribution in [-0.4, -0.2) is 48.2 Å². The van der Waals surface area contributed by atoms with Crippen LogP contribution in [0, 0.1) is 0 Å². The summed E-state index contributed by atoms with van der Waals surface area (Å²) in [6, 6.07) is 21.9. The Balaban J connectivity index is 1.28. The van der Waals surface area contributed by atoms with Crippen LogP contribution in [-0.2, 0) is 6.54 Å². The Morgan fingerprint density at radius 1 is 1.03 bits per heavy atom. The smallest absolute Gasteiger partial charge is 0.254 e. The van der Waals surface area contributed by atoms with Crippen LogP contribution in [0.4, 0.5) is 11.4 Å². The summed E-state index contributed by atoms with van der Waals surface area (Å²) in [4.78, 5) is 26.9. The van der Waals surface area contributed by atoms with Gasteiger partial charge in [-0.25, -0.2) is 9.98 Å². The molecule has 7 heteroatoms. The maximum absolute atomic E-state index is 13.3. The van der Waals surface area contributed by atoms with Gasteiger partial charge in [0.15, 0.2) is 0 Å². The molecule has 0 saturated heterocycles. The van der Waals surface area contributed by atoms with Crippen molar-refractivity contribution in [2.45, 2.75) is 19.0 Å². The minimum absolute atomic E-state index is 0.0102. The van der Waals surface area contributed by atoms with E-state index in [-0.39, 0.29) is 11.9 Å². The molecule has 1 unspecified atom stereocenters. The van der Waals surface area contributed by atoms with Gasteiger partial charge in [-0.2, -0.15) is 0 Å². The Morgan fingerprint density at radius 3 is 2.61 bits per heavy atom. The van der Waals surface area contributed by atoms with Gasteiger partial charge >= 0.3 is 0 Å². The Labute approximate surface area is 209 Å². The minimum Gasteiger partial charge on any atom is -0.497 e. The molecule has 1 aromatic heterocycles. The van der Waals surface area contributed by atoms with E-state index in [4.69, 9.17) is 14.1 Å². The van der Waals surface area contributed by atoms with Gasteiger partial charge in [-0.15, -0.1) is 0 Å². The summed E-state index contributed by atoms with van der Waals surface area (Å²) in [7, 11) is 3.77. The number of oxazole rings is 1. The van der Waals surface area contributed by atoms with Gasteiger partial charge in [-0.1, -0.05) is 18.2 Å². The Kier molecular flexibility index (Phi) is 5.52. The fraction of sp³-hybridized carbons (Fsp3) is 0.207. The summed E-state index contributed by atoms with van der Waals surface area (Å²) in [6.45, 7) is 1.14. The summed E-state index contributed by atoms with van der Waals surface area (Å²) in [6.07, 6.45) is 3.92. The van der Waals surface area contributed by atoms with Crippen molar-refractivity contribution >= 4 is 23.0 Å². The van der Waals surface area contributed by atoms with Gasteiger partial charge in [0.2, 0.25) is 5.89 Å². The average molecular weight is 479 g/mol. The molecule has 0 spiro atoms. The molecule has 0 N–H and O–H groups in total. The molecule has 7 nitrogen and oxygen atoms in total. The number of hydrogen-bond donors (Lipinski definition) is 0. The van der Waals surface area contributed by atoms with Crippen molar-refractivity contribution in [1.29, 1.82) is 0 Å². The number of likely N-dealkylation sites (N-methyl/N-ethyl adjacent to an activating group) is 1. The molecule has 0 saturated carbocycles. The lowest BCUT2D eigenvalue weighted by molar-refractivity contribution is 0.0776. The number of anilines is 1. The largest absolute Gasteiger partial charge is 0.497 e. The highest BCUT2D eigenvalue weighted by molar-refractivity contribution is 6.10. The first-order valence-electron chi connectivity index (χ1n) is 12.0. The number of fused-ring (bicyclic) bond motifs is 2. The quantitative estimate of drug-likeness (QED) is 0.374. The molecule has 2 aliphatic rings. The molecular formula is C29H26N4O3. The van der Waals surface area contributed by atoms with Gasteiger partial charge in [0, 0.05) is 31.3 Å². The Bertz CT molecular complexity index is 1440. The number of para-hydroxylation sites is 2. The molecule has 0 fully saturated rings. The van der Waals surface area contributed by atoms with Crippen LogP contribution in [0.15, 0.2) is 88.6 Å². The van der Waals surface area contributed by atoms with E-state index < -0.39 is 0 Å². The van der Waals surface area contributed by atoms with E-state index in [9.17, 15) is 4.79 Å². The number of nitrogens with zero attached hydrogens (tertiary/aromatic N) is 4. The van der Waals surface area contributed by atoms with Crippen molar-refractivity contribution in [1.82, 2.24) is 9.88 Å². The fourth-order valence-corrected chi connectivity index (χ4v) is 5.17. The first-order valence-corrected chi connectivity index (χ1v) is 12.0. The highest BCUT2D eigenvalue weighted by atomic mass is 16.5. The summed E-state index contributed by atoms with van der Waals surface area (Å²) >= 11 is 0. The lowest BCUT2D eigenvalue weighted by Crippen LogP contribution is -2.43. The maximum atomic E-state index is 13.3. The predicted molar refractivity (Wildman–Crippen MR) is 139 cm³/mol. The third kappa shape index (κ3) is 3.73. The van der Waals surface area contributed by atoms with Crippen LogP contribution in [0.2, 0.25) is 0 Å². The predicted octanol–water partition coefficient (Wildman–Crippen LogP) is 5.34. The third-order valence-electron chi connectivity index (χ3n) is 7.05. The lowest BCUT2D eigenvalue weighted by Gasteiger charge is -2.36. The van der Waals surface area contributed by atoms with Crippen LogP contribution in [0.5, 0.6) is 5.75 Å². The number of methoxy groups -OCH3 is 1. The lowest BCUT2D eigenvalue weighted by atomic mass is 9.96. The normalized spacial score (nSPS) is 16.6. The Hall–Kier alpha value is -4.39. The van der Waals surface area contributed by atoms with Crippen LogP contribution in [0.3, 0.4) is 0 Å². The molecule has 2 aliphatic heterocycles. The second-order valence-electron chi connectivity index (χ2n) is 9.03. The second kappa shape index (κ2) is 9.00. The summed E-state index contributed by atoms with van der Waals surface area (Å²) in [5.41, 5.74) is 6.63. The van der Waals surface area contributed by atoms with Gasteiger partial charge in [-0.05, 0) is 66.1 Å². The zero-order valence-corrected chi connectivity index (χ0v) is 20.2. The number of benzene rings is 3. The highest BCUT2D eigenvalue weighted by Gasteiger charge is 2.33. The van der Waals surface area contributed by atoms with E-state index in [2.05, 4.69) is 23.0 Å². The van der Waals surface area contributed by atoms with Gasteiger partial charge in [0.25, 0.3) is 5.91 Å². The molecular weight excluding hydrogens is 452 g/mol. The molecule has 6 rings (SSSR count). The fourth-order valence-electron chi connectivity index (χ4n) is 5.17. The summed E-state index contributed by atoms with van der Waals surface area (Å²) < 4.78 is 10.9. The molecule has 3 aromatic carbocycles. The first kappa shape index (κ1) is 22.1.